The van der Waals surface area contributed by atoms with Crippen LogP contribution in [0.15, 0.2) is 152 Å². The average molecular weight is 1820 g/mol. The normalized spacial score (nSPS) is 18.8. The van der Waals surface area contributed by atoms with Crippen molar-refractivity contribution in [3.05, 3.63) is 191 Å². The fourth-order valence-corrected chi connectivity index (χ4v) is 12.9. The number of nitrogens with one attached hydrogen (secondary N) is 1. The number of aliphatic carboxylic acids is 1. The number of para-hydroxylation sites is 5. The number of esters is 3. The van der Waals surface area contributed by atoms with Crippen LogP contribution in [0.2, 0.25) is 0 Å². The quantitative estimate of drug-likeness (QED) is 0.0132. The van der Waals surface area contributed by atoms with Gasteiger partial charge in [-0.2, -0.15) is 4.79 Å². The fourth-order valence-electron chi connectivity index (χ4n) is 12.9. The Labute approximate surface area is 731 Å². The minimum atomic E-state index is -1.14. The van der Waals surface area contributed by atoms with Gasteiger partial charge in [-0.1, -0.05) is 123 Å². The van der Waals surface area contributed by atoms with Crippen LogP contribution in [0.3, 0.4) is 0 Å². The molecule has 3 N–H and O–H groups in total. The molecule has 4 amide bonds. The van der Waals surface area contributed by atoms with Crippen molar-refractivity contribution in [3.63, 3.8) is 0 Å². The largest absolute Gasteiger partial charge is 0.481 e. The number of hydrogen-bond acceptors (Lipinski definition) is 20. The molecule has 0 saturated heterocycles. The molecule has 11 rings (SSSR count). The number of ether oxygens (including phenoxy) is 7. The van der Waals surface area contributed by atoms with E-state index in [-0.39, 0.29) is 89.9 Å². The maximum absolute atomic E-state index is 12.5. The Morgan fingerprint density at radius 2 is 0.739 bits per heavy atom. The zero-order valence-corrected chi connectivity index (χ0v) is 75.2. The van der Waals surface area contributed by atoms with Crippen LogP contribution >= 0.6 is 47.2 Å². The number of nitrogens with zero attached hydrogens (tertiary/aromatic N) is 6. The van der Waals surface area contributed by atoms with Gasteiger partial charge in [-0.3, -0.25) is 53.2 Å². The van der Waals surface area contributed by atoms with E-state index in [1.807, 2.05) is 115 Å². The third kappa shape index (κ3) is 28.5. The summed E-state index contributed by atoms with van der Waals surface area (Å²) in [6.07, 6.45) is 1.12. The van der Waals surface area contributed by atoms with E-state index in [2.05, 4.69) is 57.9 Å². The number of fused-ring (bicyclic) bond motifs is 5. The fraction of sp³-hybridized carbons (Fsp3) is 0.430. The number of methoxy groups -OCH3 is 3. The summed E-state index contributed by atoms with van der Waals surface area (Å²) in [5.41, 5.74) is 11.2. The van der Waals surface area contributed by atoms with Crippen molar-refractivity contribution in [1.29, 1.82) is 0 Å². The van der Waals surface area contributed by atoms with Crippen LogP contribution in [0.1, 0.15) is 169 Å². The number of alkyl halides is 1. The third-order valence-electron chi connectivity index (χ3n) is 18.4. The molecule has 651 valence electrons. The molecule has 5 aliphatic rings. The van der Waals surface area contributed by atoms with Gasteiger partial charge >= 0.3 is 70.9 Å². The number of Topliss-reactive ketones (excluding diaryl/α,β-unsaturated/α-hetero) is 1. The minimum absolute atomic E-state index is 0. The smallest absolute Gasteiger partial charge is 0.414 e. The number of carbonyl (C=O) groups is 12. The minimum Gasteiger partial charge on any atom is -0.481 e. The first-order valence-corrected chi connectivity index (χ1v) is 38.3. The van der Waals surface area contributed by atoms with Gasteiger partial charge < -0.3 is 54.2 Å². The molecule has 5 aliphatic heterocycles. The summed E-state index contributed by atoms with van der Waals surface area (Å²) in [4.78, 5) is 146. The van der Waals surface area contributed by atoms with E-state index in [1.165, 1.54) is 48.0 Å². The molecule has 0 aliphatic carbocycles. The zero-order chi connectivity index (χ0) is 88.8. The van der Waals surface area contributed by atoms with Gasteiger partial charge in [0.2, 0.25) is 5.78 Å². The Kier molecular flexibility index (Phi) is 39.0. The van der Waals surface area contributed by atoms with Gasteiger partial charge in [0.1, 0.15) is 33.2 Å². The first-order valence-electron chi connectivity index (χ1n) is 36.8. The SMILES string of the molecule is CC(C)(C)OC(=O)N1CC(C)(C(=O)C=[N+]=[N-])c2ccccc21.CC(C)(C)OC(=O)N1CC(C)(C(=O)O)c2ccccc21.CCl.COC(=O)C1(C)CN(C(=O)OC(C)(C)C)c2ccccc21.COC(=O)CC1(C)CN(C(=O)OC(C)(C)C)c2ccccc21.COC(=O)CC1(C)CNc2ccccc21.Cl.O=C(Cl)C(=O)Cl.O=C(O)c1ccccc1.[Ag]. The van der Waals surface area contributed by atoms with E-state index in [4.69, 9.17) is 43.8 Å². The molecule has 0 aromatic heterocycles. The Morgan fingerprint density at radius 3 is 1.08 bits per heavy atom. The maximum Gasteiger partial charge on any atom is 0.414 e. The van der Waals surface area contributed by atoms with Crippen LogP contribution in [-0.2, 0) is 116 Å². The van der Waals surface area contributed by atoms with Crippen molar-refractivity contribution in [2.45, 2.75) is 180 Å². The second-order valence-electron chi connectivity index (χ2n) is 32.5. The summed E-state index contributed by atoms with van der Waals surface area (Å²) in [5, 5.41) is 18.9. The van der Waals surface area contributed by atoms with Gasteiger partial charge in [-0.15, -0.1) is 24.0 Å². The van der Waals surface area contributed by atoms with E-state index in [1.54, 1.807) is 146 Å². The van der Waals surface area contributed by atoms with Gasteiger partial charge in [0, 0.05) is 78.0 Å². The van der Waals surface area contributed by atoms with E-state index in [0.717, 1.165) is 35.3 Å². The van der Waals surface area contributed by atoms with E-state index >= 15 is 0 Å². The zero-order valence-electron chi connectivity index (χ0n) is 70.6. The average Bonchev–Trinajstić information content (AvgIpc) is 1.62. The number of halogens is 4. The van der Waals surface area contributed by atoms with E-state index < -0.39 is 90.9 Å². The van der Waals surface area contributed by atoms with Gasteiger partial charge in [-0.05, 0) is 197 Å². The molecule has 0 spiro atoms. The second kappa shape index (κ2) is 44.2. The Morgan fingerprint density at radius 1 is 0.437 bits per heavy atom. The van der Waals surface area contributed by atoms with Crippen molar-refractivity contribution >= 4 is 152 Å². The Bertz CT molecular complexity index is 4650. The number of carbonyl (C=O) groups excluding carboxylic acids is 10. The molecule has 28 nitrogen and oxygen atoms in total. The molecule has 33 heteroatoms. The molecule has 119 heavy (non-hydrogen) atoms. The number of carboxylic acids is 2. The first kappa shape index (κ1) is 105. The Hall–Kier alpha value is -10.2. The standard InChI is InChI=1S/C17H23NO4.C16H19N3O3.C16H21NO4.C15H19NO4.C12H15NO2.C7H6O2.C2Cl2O2.CH3Cl.Ag.ClH/c1-16(2,3)22-15(20)18-11-17(4,10-14(19)21-5)12-8-6-7-9-13(12)18;1-15(2,3)22-14(21)19-10-16(4,13(20)9-18-17)11-7-5-6-8-12(11)19;1-15(2,3)21-14(19)17-10-16(4,13(18)20-5)11-8-6-7-9-12(11)17;1-14(2,3)20-13(19)16-9-15(4,12(17)18)10-7-5-6-8-11(10)16;1-12(7-11(14)15-2)8-13-10-6-4-3-5-9(10)12;8-7(9)6-4-2-1-3-5-6;3-1(5)2(4)6;1-2;;/h6-9H,10-11H2,1-5H3;5-9H,10H2,1-4H3;6-9H,10H2,1-5H3;5-8H,9H2,1-4H3,(H,17,18);3-6,13H,7-8H2,1-2H3;1-5H,(H,8,9);;1H3;;1H. The van der Waals surface area contributed by atoms with Crippen LogP contribution in [0.4, 0.5) is 47.6 Å². The monoisotopic (exact) mass is 1820 g/mol. The van der Waals surface area contributed by atoms with Crippen molar-refractivity contribution in [1.82, 2.24) is 0 Å². The number of ketones is 1. The molecule has 0 saturated carbocycles. The van der Waals surface area contributed by atoms with Crippen LogP contribution in [0, 0.1) is 0 Å². The second-order valence-corrected chi connectivity index (χ2v) is 33.2. The number of carboxylic acid groups (broad SMARTS) is 2. The predicted octanol–water partition coefficient (Wildman–Crippen LogP) is 16.6. The van der Waals surface area contributed by atoms with Crippen LogP contribution in [-0.4, -0.2) is 175 Å². The molecule has 5 heterocycles. The number of amides is 4. The van der Waals surface area contributed by atoms with Crippen molar-refractivity contribution < 1.29 is 128 Å². The third-order valence-corrected chi connectivity index (χ3v) is 18.8. The molecular weight excluding hydrogens is 1720 g/mol. The summed E-state index contributed by atoms with van der Waals surface area (Å²) in [7, 11) is 4.16. The molecule has 6 aromatic carbocycles. The predicted molar refractivity (Wildman–Crippen MR) is 454 cm³/mol. The summed E-state index contributed by atoms with van der Waals surface area (Å²) in [5.74, 6) is -3.00. The Balaban J connectivity index is 0.000000480. The van der Waals surface area contributed by atoms with Gasteiger partial charge in [-0.25, -0.2) is 24.0 Å². The summed E-state index contributed by atoms with van der Waals surface area (Å²) >= 11 is 13.6. The van der Waals surface area contributed by atoms with Crippen molar-refractivity contribution in [2.75, 3.05) is 85.4 Å². The maximum atomic E-state index is 12.5. The summed E-state index contributed by atoms with van der Waals surface area (Å²) in [6.45, 7) is 32.5. The van der Waals surface area contributed by atoms with Crippen LogP contribution in [0.5, 0.6) is 0 Å². The topological polar surface area (TPSA) is 371 Å². The summed E-state index contributed by atoms with van der Waals surface area (Å²) in [6, 6.07) is 45.6. The van der Waals surface area contributed by atoms with Gasteiger partial charge in [0.05, 0.1) is 67.9 Å². The van der Waals surface area contributed by atoms with Gasteiger partial charge in [0.25, 0.3) is 0 Å². The molecule has 1 radical (unpaired) electrons. The molecule has 5 unspecified atom stereocenters. The molecule has 0 bridgehead atoms. The number of rotatable bonds is 10. The van der Waals surface area contributed by atoms with Crippen LogP contribution in [0.25, 0.3) is 5.53 Å². The number of hydrogen-bond donors (Lipinski definition) is 3. The van der Waals surface area contributed by atoms with Crippen LogP contribution < -0.4 is 24.9 Å². The molecule has 5 atom stereocenters. The number of aromatic carboxylic acids is 1. The summed E-state index contributed by atoms with van der Waals surface area (Å²) < 4.78 is 36.1. The van der Waals surface area contributed by atoms with E-state index in [0.29, 0.717) is 46.7 Å². The number of anilines is 5. The van der Waals surface area contributed by atoms with Gasteiger partial charge in [0.15, 0.2) is 0 Å². The molecular formula is C86H107AgCl4N7O21. The molecule has 0 fully saturated rings. The van der Waals surface area contributed by atoms with Crippen molar-refractivity contribution in [3.8, 4) is 0 Å². The van der Waals surface area contributed by atoms with E-state index in [9.17, 15) is 62.6 Å². The van der Waals surface area contributed by atoms with Crippen molar-refractivity contribution in [2.24, 2.45) is 0 Å². The molecule has 6 aromatic rings. The first-order chi connectivity index (χ1) is 54.3. The number of benzene rings is 6.